The minimum Gasteiger partial charge on any atom is -0.504 e. The summed E-state index contributed by atoms with van der Waals surface area (Å²) < 4.78 is 10.6. The summed E-state index contributed by atoms with van der Waals surface area (Å²) in [5, 5.41) is 12.5. The van der Waals surface area contributed by atoms with E-state index < -0.39 is 0 Å². The van der Waals surface area contributed by atoms with Crippen molar-refractivity contribution in [3.8, 4) is 28.5 Å². The van der Waals surface area contributed by atoms with E-state index in [1.807, 2.05) is 6.07 Å². The van der Waals surface area contributed by atoms with Crippen molar-refractivity contribution in [3.63, 3.8) is 0 Å². The SMILES string of the molecule is COc1cc(CC(=O)Nc2cccc(-c3ccccc3OC(=O)C(C)C)n2)ccc1O. The van der Waals surface area contributed by atoms with Gasteiger partial charge in [0.2, 0.25) is 5.91 Å². The van der Waals surface area contributed by atoms with Gasteiger partial charge in [-0.15, -0.1) is 0 Å². The number of benzene rings is 2. The fourth-order valence-electron chi connectivity index (χ4n) is 2.85. The van der Waals surface area contributed by atoms with Gasteiger partial charge in [0.1, 0.15) is 11.6 Å². The summed E-state index contributed by atoms with van der Waals surface area (Å²) in [6.45, 7) is 3.53. The van der Waals surface area contributed by atoms with Crippen molar-refractivity contribution < 1.29 is 24.2 Å². The van der Waals surface area contributed by atoms with E-state index in [1.165, 1.54) is 13.2 Å². The Kier molecular flexibility index (Phi) is 6.87. The van der Waals surface area contributed by atoms with Crippen LogP contribution in [0.15, 0.2) is 60.7 Å². The zero-order valence-corrected chi connectivity index (χ0v) is 17.6. The fraction of sp³-hybridized carbons (Fsp3) is 0.208. The lowest BCUT2D eigenvalue weighted by Crippen LogP contribution is -2.16. The summed E-state index contributed by atoms with van der Waals surface area (Å²) >= 11 is 0. The third kappa shape index (κ3) is 5.60. The zero-order valence-electron chi connectivity index (χ0n) is 17.6. The van der Waals surface area contributed by atoms with E-state index >= 15 is 0 Å². The second-order valence-corrected chi connectivity index (χ2v) is 7.21. The fourth-order valence-corrected chi connectivity index (χ4v) is 2.85. The number of anilines is 1. The quantitative estimate of drug-likeness (QED) is 0.439. The van der Waals surface area contributed by atoms with Crippen LogP contribution < -0.4 is 14.8 Å². The Labute approximate surface area is 180 Å². The smallest absolute Gasteiger partial charge is 0.313 e. The van der Waals surface area contributed by atoms with Gasteiger partial charge in [0.05, 0.1) is 25.1 Å². The van der Waals surface area contributed by atoms with E-state index in [0.717, 1.165) is 0 Å². The van der Waals surface area contributed by atoms with Gasteiger partial charge in [-0.25, -0.2) is 4.98 Å². The number of nitrogens with zero attached hydrogens (tertiary/aromatic N) is 1. The molecule has 7 nitrogen and oxygen atoms in total. The number of esters is 1. The van der Waals surface area contributed by atoms with Crippen LogP contribution in [0.2, 0.25) is 0 Å². The summed E-state index contributed by atoms with van der Waals surface area (Å²) in [6.07, 6.45) is 0.0884. The molecule has 3 aromatic rings. The van der Waals surface area contributed by atoms with Crippen molar-refractivity contribution in [3.05, 3.63) is 66.2 Å². The molecule has 0 fully saturated rings. The molecule has 2 aromatic carbocycles. The highest BCUT2D eigenvalue weighted by Gasteiger charge is 2.15. The van der Waals surface area contributed by atoms with Gasteiger partial charge >= 0.3 is 5.97 Å². The first kappa shape index (κ1) is 21.8. The second kappa shape index (κ2) is 9.75. The lowest BCUT2D eigenvalue weighted by atomic mass is 10.1. The maximum Gasteiger partial charge on any atom is 0.313 e. The van der Waals surface area contributed by atoms with Crippen LogP contribution in [0.25, 0.3) is 11.3 Å². The molecule has 1 heterocycles. The first-order chi connectivity index (χ1) is 14.9. The molecule has 0 atom stereocenters. The van der Waals surface area contributed by atoms with Crippen molar-refractivity contribution in [1.82, 2.24) is 4.98 Å². The third-order valence-corrected chi connectivity index (χ3v) is 4.47. The summed E-state index contributed by atoms with van der Waals surface area (Å²) in [6, 6.07) is 17.1. The van der Waals surface area contributed by atoms with E-state index in [4.69, 9.17) is 9.47 Å². The van der Waals surface area contributed by atoms with Gasteiger partial charge in [0.25, 0.3) is 0 Å². The highest BCUT2D eigenvalue weighted by Crippen LogP contribution is 2.30. The van der Waals surface area contributed by atoms with E-state index in [1.54, 1.807) is 62.4 Å². The van der Waals surface area contributed by atoms with E-state index in [9.17, 15) is 14.7 Å². The number of rotatable bonds is 7. The van der Waals surface area contributed by atoms with Gasteiger partial charge in [0, 0.05) is 5.56 Å². The molecule has 1 aromatic heterocycles. The molecule has 1 amide bonds. The van der Waals surface area contributed by atoms with Crippen LogP contribution in [-0.2, 0) is 16.0 Å². The predicted molar refractivity (Wildman–Crippen MR) is 117 cm³/mol. The predicted octanol–water partition coefficient (Wildman–Crippen LogP) is 4.21. The average Bonchev–Trinajstić information content (AvgIpc) is 2.75. The number of carbonyl (C=O) groups is 2. The molecule has 0 bridgehead atoms. The Balaban J connectivity index is 1.77. The molecule has 0 spiro atoms. The van der Waals surface area contributed by atoms with Gasteiger partial charge in [0.15, 0.2) is 11.5 Å². The number of para-hydroxylation sites is 1. The number of carbonyl (C=O) groups excluding carboxylic acids is 2. The number of hydrogen-bond donors (Lipinski definition) is 2. The normalized spacial score (nSPS) is 10.6. The zero-order chi connectivity index (χ0) is 22.4. The number of ether oxygens (including phenoxy) is 2. The van der Waals surface area contributed by atoms with Crippen LogP contribution in [-0.4, -0.2) is 29.1 Å². The molecule has 3 rings (SSSR count). The van der Waals surface area contributed by atoms with Crippen LogP contribution in [0.4, 0.5) is 5.82 Å². The van der Waals surface area contributed by atoms with Crippen molar-refractivity contribution in [1.29, 1.82) is 0 Å². The molecule has 0 saturated heterocycles. The van der Waals surface area contributed by atoms with Crippen LogP contribution in [0, 0.1) is 5.92 Å². The Bertz CT molecular complexity index is 1090. The van der Waals surface area contributed by atoms with E-state index in [0.29, 0.717) is 34.1 Å². The van der Waals surface area contributed by atoms with Crippen molar-refractivity contribution in [2.75, 3.05) is 12.4 Å². The Morgan fingerprint density at radius 3 is 2.55 bits per heavy atom. The number of aromatic hydroxyl groups is 1. The van der Waals surface area contributed by atoms with Crippen LogP contribution in [0.1, 0.15) is 19.4 Å². The van der Waals surface area contributed by atoms with Gasteiger partial charge in [-0.05, 0) is 42.0 Å². The van der Waals surface area contributed by atoms with Crippen LogP contribution in [0.5, 0.6) is 17.2 Å². The number of phenols is 1. The highest BCUT2D eigenvalue weighted by molar-refractivity contribution is 5.91. The minimum atomic E-state index is -0.332. The van der Waals surface area contributed by atoms with Crippen LogP contribution >= 0.6 is 0 Å². The molecule has 0 radical (unpaired) electrons. The van der Waals surface area contributed by atoms with Gasteiger partial charge in [-0.2, -0.15) is 0 Å². The molecule has 0 saturated carbocycles. The largest absolute Gasteiger partial charge is 0.504 e. The average molecular weight is 420 g/mol. The summed E-state index contributed by atoms with van der Waals surface area (Å²) in [5.74, 6) is 0.241. The molecule has 0 unspecified atom stereocenters. The lowest BCUT2D eigenvalue weighted by Gasteiger charge is -2.12. The number of amides is 1. The van der Waals surface area contributed by atoms with Crippen LogP contribution in [0.3, 0.4) is 0 Å². The lowest BCUT2D eigenvalue weighted by molar-refractivity contribution is -0.137. The number of hydrogen-bond acceptors (Lipinski definition) is 6. The van der Waals surface area contributed by atoms with Crippen molar-refractivity contribution in [2.24, 2.45) is 5.92 Å². The molecule has 0 aliphatic heterocycles. The van der Waals surface area contributed by atoms with E-state index in [2.05, 4.69) is 10.3 Å². The Morgan fingerprint density at radius 2 is 1.81 bits per heavy atom. The summed E-state index contributed by atoms with van der Waals surface area (Å²) in [5.41, 5.74) is 1.90. The number of pyridine rings is 1. The maximum atomic E-state index is 12.5. The van der Waals surface area contributed by atoms with Gasteiger partial charge in [-0.1, -0.05) is 38.1 Å². The molecular weight excluding hydrogens is 396 g/mol. The molecule has 2 N–H and O–H groups in total. The highest BCUT2D eigenvalue weighted by atomic mass is 16.5. The summed E-state index contributed by atoms with van der Waals surface area (Å²) in [7, 11) is 1.45. The van der Waals surface area contributed by atoms with E-state index in [-0.39, 0.29) is 30.0 Å². The number of nitrogens with one attached hydrogen (secondary N) is 1. The van der Waals surface area contributed by atoms with Gasteiger partial charge < -0.3 is 19.9 Å². The number of methoxy groups -OCH3 is 1. The second-order valence-electron chi connectivity index (χ2n) is 7.21. The molecular formula is C24H24N2O5. The van der Waals surface area contributed by atoms with Crippen molar-refractivity contribution in [2.45, 2.75) is 20.3 Å². The Hall–Kier alpha value is -3.87. The van der Waals surface area contributed by atoms with Gasteiger partial charge in [-0.3, -0.25) is 9.59 Å². The first-order valence-electron chi connectivity index (χ1n) is 9.81. The topological polar surface area (TPSA) is 97.8 Å². The summed E-state index contributed by atoms with van der Waals surface area (Å²) in [4.78, 5) is 29.0. The molecule has 0 aliphatic carbocycles. The molecule has 31 heavy (non-hydrogen) atoms. The maximum absolute atomic E-state index is 12.5. The monoisotopic (exact) mass is 420 g/mol. The molecule has 7 heteroatoms. The number of phenolic OH excluding ortho intramolecular Hbond substituents is 1. The standard InChI is InChI=1S/C24H24N2O5/c1-15(2)24(29)31-20-9-5-4-7-17(20)18-8-6-10-22(25-18)26-23(28)14-16-11-12-19(27)21(13-16)30-3/h4-13,15,27H,14H2,1-3H3,(H,25,26,28). The van der Waals surface area contributed by atoms with Crippen molar-refractivity contribution >= 4 is 17.7 Å². The first-order valence-corrected chi connectivity index (χ1v) is 9.81. The number of aromatic nitrogens is 1. The molecule has 0 aliphatic rings. The molecule has 160 valence electrons. The third-order valence-electron chi connectivity index (χ3n) is 4.47. The minimum absolute atomic E-state index is 0.0119. The Morgan fingerprint density at radius 1 is 1.03 bits per heavy atom.